The lowest BCUT2D eigenvalue weighted by Crippen LogP contribution is -2.49. The Morgan fingerprint density at radius 1 is 0.588 bits per heavy atom. The van der Waals surface area contributed by atoms with Gasteiger partial charge in [0.05, 0.1) is 46.2 Å². The van der Waals surface area contributed by atoms with E-state index in [1.54, 1.807) is 13.8 Å². The van der Waals surface area contributed by atoms with Crippen LogP contribution in [0.5, 0.6) is 0 Å². The Labute approximate surface area is 410 Å². The molecule has 4 aliphatic heterocycles. The van der Waals surface area contributed by atoms with Gasteiger partial charge in [0.15, 0.2) is 0 Å². The van der Waals surface area contributed by atoms with Gasteiger partial charge in [-0.25, -0.2) is 9.59 Å². The highest BCUT2D eigenvalue weighted by Gasteiger charge is 2.40. The first-order valence-corrected chi connectivity index (χ1v) is 25.6. The molecule has 1 aromatic carbocycles. The Kier molecular flexibility index (Phi) is 27.2. The largest absolute Gasteiger partial charge is 0.461 e. The van der Waals surface area contributed by atoms with Crippen molar-refractivity contribution in [3.63, 3.8) is 0 Å². The fourth-order valence-corrected chi connectivity index (χ4v) is 8.73. The molecule has 4 aliphatic rings. The quantitative estimate of drug-likeness (QED) is 0.0767. The summed E-state index contributed by atoms with van der Waals surface area (Å²) in [6.45, 7) is 30.4. The van der Waals surface area contributed by atoms with E-state index < -0.39 is 11.2 Å². The molecule has 1 aromatic rings. The molecule has 3 N–H and O–H groups in total. The van der Waals surface area contributed by atoms with Gasteiger partial charge in [0.1, 0.15) is 17.8 Å². The fraction of sp³-hybridized carbons (Fsp3) is 0.827. The van der Waals surface area contributed by atoms with E-state index in [0.717, 1.165) is 103 Å². The van der Waals surface area contributed by atoms with Gasteiger partial charge in [-0.05, 0) is 156 Å². The van der Waals surface area contributed by atoms with E-state index in [4.69, 9.17) is 44.0 Å². The second-order valence-electron chi connectivity index (χ2n) is 21.2. The molecule has 0 aromatic heterocycles. The van der Waals surface area contributed by atoms with Gasteiger partial charge >= 0.3 is 18.2 Å². The smallest absolute Gasteiger partial charge is 0.410 e. The number of rotatable bonds is 20. The van der Waals surface area contributed by atoms with Crippen LogP contribution in [-0.4, -0.2) is 185 Å². The van der Waals surface area contributed by atoms with E-state index >= 15 is 0 Å². The van der Waals surface area contributed by atoms with Gasteiger partial charge in [-0.15, -0.1) is 0 Å². The van der Waals surface area contributed by atoms with Gasteiger partial charge in [-0.2, -0.15) is 0 Å². The number of aliphatic hydroxyl groups is 1. The summed E-state index contributed by atoms with van der Waals surface area (Å²) in [6.07, 6.45) is 9.63. The number of piperidine rings is 4. The Balaban J connectivity index is 0.000000348. The summed E-state index contributed by atoms with van der Waals surface area (Å²) >= 11 is 0. The third-order valence-electron chi connectivity index (χ3n) is 12.8. The van der Waals surface area contributed by atoms with Crippen molar-refractivity contribution in [2.45, 2.75) is 144 Å². The van der Waals surface area contributed by atoms with Crippen molar-refractivity contribution in [2.24, 2.45) is 16.6 Å². The van der Waals surface area contributed by atoms with Gasteiger partial charge in [0.2, 0.25) is 0 Å². The molecule has 2 spiro atoms. The Morgan fingerprint density at radius 3 is 1.34 bits per heavy atom. The van der Waals surface area contributed by atoms with Crippen molar-refractivity contribution in [3.8, 4) is 0 Å². The van der Waals surface area contributed by atoms with Crippen LogP contribution in [0.2, 0.25) is 0 Å². The summed E-state index contributed by atoms with van der Waals surface area (Å²) in [5, 5.41) is 8.06. The number of aliphatic hydroxyl groups excluding tert-OH is 1. The minimum absolute atomic E-state index is 0.164. The number of esters is 1. The maximum Gasteiger partial charge on any atom is 0.410 e. The topological polar surface area (TPSA) is 175 Å². The second-order valence-corrected chi connectivity index (χ2v) is 21.2. The normalized spacial score (nSPS) is 18.6. The highest BCUT2D eigenvalue weighted by Crippen LogP contribution is 2.42. The molecule has 0 unspecified atom stereocenters. The molecule has 4 saturated heterocycles. The van der Waals surface area contributed by atoms with E-state index in [1.807, 2.05) is 81.7 Å². The molecule has 68 heavy (non-hydrogen) atoms. The standard InChI is InChI=1S/C29H46N2O6.C20H39N3O4.C3H8O/c1-28(2,3)37-27(33)31-17-13-29(14-18-31)11-15-30(16-12-29)19-21-35-23-22-34-20-7-10-26(32)36-24-25-8-5-4-6-9-25;1-19(2,3)27-18(24)23-11-6-20(7-12-23)4-9-22(10-5-20)13-15-26-17-16-25-14-8-21;1-3(2)4/h4-6,8-9H,7,10-24H2,1-3H3;4-17,21H2,1-3H3;3-4H,1-2H3. The Morgan fingerprint density at radius 2 is 0.956 bits per heavy atom. The SMILES string of the molecule is CC(C)(C)OC(=O)N1CCC2(CCN(CCOCCOCCCC(=O)OCc3ccccc3)CC2)CC1.CC(C)(C)OC(=O)N1CCC2(CCN(CCOCCOCCN)CC2)CC1.CC(C)O. The zero-order valence-electron chi connectivity index (χ0n) is 43.6. The van der Waals surface area contributed by atoms with Crippen LogP contribution in [0.3, 0.4) is 0 Å². The van der Waals surface area contributed by atoms with Gasteiger partial charge < -0.3 is 63.6 Å². The summed E-state index contributed by atoms with van der Waals surface area (Å²) < 4.78 is 38.6. The van der Waals surface area contributed by atoms with Gasteiger partial charge in [-0.1, -0.05) is 30.3 Å². The molecule has 16 nitrogen and oxygen atoms in total. The molecule has 392 valence electrons. The van der Waals surface area contributed by atoms with Crippen LogP contribution in [0.15, 0.2) is 30.3 Å². The first kappa shape index (κ1) is 59.2. The molecule has 4 fully saturated rings. The van der Waals surface area contributed by atoms with Crippen LogP contribution in [0, 0.1) is 10.8 Å². The van der Waals surface area contributed by atoms with E-state index in [0.29, 0.717) is 83.1 Å². The van der Waals surface area contributed by atoms with Crippen LogP contribution in [0.4, 0.5) is 9.59 Å². The van der Waals surface area contributed by atoms with Crippen LogP contribution in [0.1, 0.15) is 125 Å². The van der Waals surface area contributed by atoms with Crippen molar-refractivity contribution in [1.29, 1.82) is 0 Å². The molecule has 0 bridgehead atoms. The number of hydrogen-bond acceptors (Lipinski definition) is 14. The minimum atomic E-state index is -0.440. The molecule has 0 radical (unpaired) electrons. The lowest BCUT2D eigenvalue weighted by molar-refractivity contribution is -0.145. The zero-order valence-corrected chi connectivity index (χ0v) is 43.6. The molecule has 4 heterocycles. The van der Waals surface area contributed by atoms with Crippen LogP contribution < -0.4 is 5.73 Å². The number of ether oxygens (including phenoxy) is 7. The Bertz CT molecular complexity index is 1500. The number of likely N-dealkylation sites (tertiary alicyclic amines) is 4. The number of carbonyl (C=O) groups is 3. The van der Waals surface area contributed by atoms with Gasteiger partial charge in [0.25, 0.3) is 0 Å². The maximum atomic E-state index is 12.3. The van der Waals surface area contributed by atoms with E-state index in [1.165, 1.54) is 25.7 Å². The number of carbonyl (C=O) groups excluding carboxylic acids is 3. The number of benzene rings is 1. The van der Waals surface area contributed by atoms with Gasteiger partial charge in [0, 0.05) is 64.9 Å². The number of amides is 2. The molecule has 0 saturated carbocycles. The first-order chi connectivity index (χ1) is 32.3. The summed E-state index contributed by atoms with van der Waals surface area (Å²) in [5.74, 6) is -0.194. The summed E-state index contributed by atoms with van der Waals surface area (Å²) in [5.41, 5.74) is 6.29. The highest BCUT2D eigenvalue weighted by molar-refractivity contribution is 5.69. The molecule has 5 rings (SSSR count). The van der Waals surface area contributed by atoms with Crippen LogP contribution in [-0.2, 0) is 44.6 Å². The highest BCUT2D eigenvalue weighted by atomic mass is 16.6. The van der Waals surface area contributed by atoms with Crippen LogP contribution in [0.25, 0.3) is 0 Å². The van der Waals surface area contributed by atoms with Crippen LogP contribution >= 0.6 is 0 Å². The van der Waals surface area contributed by atoms with Gasteiger partial charge in [-0.3, -0.25) is 4.79 Å². The third kappa shape index (κ3) is 25.7. The Hall–Kier alpha value is -3.09. The molecule has 16 heteroatoms. The van der Waals surface area contributed by atoms with Crippen molar-refractivity contribution in [3.05, 3.63) is 35.9 Å². The molecule has 2 amide bonds. The lowest BCUT2D eigenvalue weighted by atomic mass is 9.71. The molecular formula is C52H93N5O11. The maximum absolute atomic E-state index is 12.3. The summed E-state index contributed by atoms with van der Waals surface area (Å²) in [6, 6.07) is 9.69. The minimum Gasteiger partial charge on any atom is -0.461 e. The monoisotopic (exact) mass is 964 g/mol. The predicted octanol–water partition coefficient (Wildman–Crippen LogP) is 7.13. The predicted molar refractivity (Wildman–Crippen MR) is 265 cm³/mol. The molecule has 0 atom stereocenters. The molecular weight excluding hydrogens is 871 g/mol. The van der Waals surface area contributed by atoms with E-state index in [-0.39, 0.29) is 24.3 Å². The number of nitrogens with two attached hydrogens (primary N) is 1. The van der Waals surface area contributed by atoms with Crippen molar-refractivity contribution in [2.75, 3.05) is 125 Å². The summed E-state index contributed by atoms with van der Waals surface area (Å²) in [4.78, 5) is 45.1. The zero-order chi connectivity index (χ0) is 49.9. The van der Waals surface area contributed by atoms with Crippen molar-refractivity contribution < 1.29 is 52.6 Å². The lowest BCUT2D eigenvalue weighted by Gasteiger charge is -2.46. The fourth-order valence-electron chi connectivity index (χ4n) is 8.73. The summed E-state index contributed by atoms with van der Waals surface area (Å²) in [7, 11) is 0. The van der Waals surface area contributed by atoms with E-state index in [9.17, 15) is 14.4 Å². The van der Waals surface area contributed by atoms with E-state index in [2.05, 4.69) is 9.80 Å². The third-order valence-corrected chi connectivity index (χ3v) is 12.8. The average molecular weight is 964 g/mol. The second kappa shape index (κ2) is 31.3. The van der Waals surface area contributed by atoms with Crippen molar-refractivity contribution in [1.82, 2.24) is 19.6 Å². The number of hydrogen-bond donors (Lipinski definition) is 2. The number of nitrogens with zero attached hydrogens (tertiary/aromatic N) is 4. The molecule has 0 aliphatic carbocycles. The van der Waals surface area contributed by atoms with Crippen molar-refractivity contribution >= 4 is 18.2 Å². The average Bonchev–Trinajstić information content (AvgIpc) is 3.28. The first-order valence-electron chi connectivity index (χ1n) is 25.6.